The Bertz CT molecular complexity index is 538. The third-order valence-corrected chi connectivity index (χ3v) is 5.19. The van der Waals surface area contributed by atoms with Crippen molar-refractivity contribution in [3.63, 3.8) is 0 Å². The van der Waals surface area contributed by atoms with Crippen LogP contribution in [-0.2, 0) is 0 Å². The van der Waals surface area contributed by atoms with Crippen molar-refractivity contribution >= 4 is 11.9 Å². The summed E-state index contributed by atoms with van der Waals surface area (Å²) in [6.07, 6.45) is 2.76. The van der Waals surface area contributed by atoms with Crippen LogP contribution in [0.2, 0.25) is 0 Å². The fourth-order valence-electron chi connectivity index (χ4n) is 2.65. The summed E-state index contributed by atoms with van der Waals surface area (Å²) in [6.45, 7) is 5.76. The Morgan fingerprint density at radius 3 is 2.59 bits per heavy atom. The molecule has 1 aliphatic rings. The molecule has 0 radical (unpaired) electrons. The summed E-state index contributed by atoms with van der Waals surface area (Å²) < 4.78 is 1.75. The van der Waals surface area contributed by atoms with Crippen LogP contribution in [0.15, 0.2) is 36.7 Å². The molecule has 1 aromatic carbocycles. The summed E-state index contributed by atoms with van der Waals surface area (Å²) in [6, 6.07) is 10.6. The van der Waals surface area contributed by atoms with Crippen LogP contribution in [0.4, 0.5) is 0 Å². The fourth-order valence-corrected chi connectivity index (χ4v) is 3.57. The second-order valence-electron chi connectivity index (χ2n) is 5.65. The van der Waals surface area contributed by atoms with Crippen LogP contribution in [0.1, 0.15) is 17.2 Å². The number of nitrogens with zero attached hydrogens (tertiary/aromatic N) is 6. The topological polar surface area (TPSA) is 50.1 Å². The van der Waals surface area contributed by atoms with Gasteiger partial charge in [-0.2, -0.15) is 4.09 Å². The highest BCUT2D eigenvalue weighted by atomic mass is 32.2. The first-order valence-corrected chi connectivity index (χ1v) is 8.51. The SMILES string of the molecule is CN1CCN(CCC(Sn2cnnn2)c2ccccc2)CC1. The number of benzene rings is 1. The highest BCUT2D eigenvalue weighted by Gasteiger charge is 2.18. The first-order valence-electron chi connectivity index (χ1n) is 7.67. The first kappa shape index (κ1) is 15.5. The van der Waals surface area contributed by atoms with Gasteiger partial charge >= 0.3 is 0 Å². The van der Waals surface area contributed by atoms with Gasteiger partial charge in [-0.05, 0) is 48.0 Å². The molecule has 0 amide bonds. The number of aromatic nitrogens is 4. The van der Waals surface area contributed by atoms with E-state index in [0.717, 1.165) is 39.1 Å². The number of hydrogen-bond donors (Lipinski definition) is 0. The molecule has 0 N–H and O–H groups in total. The summed E-state index contributed by atoms with van der Waals surface area (Å²) >= 11 is 1.68. The van der Waals surface area contributed by atoms with Crippen LogP contribution in [0.25, 0.3) is 0 Å². The normalized spacial score (nSPS) is 18.4. The number of piperazine rings is 1. The molecule has 3 rings (SSSR count). The number of likely N-dealkylation sites (N-methyl/N-ethyl adjacent to an activating group) is 1. The fraction of sp³-hybridized carbons (Fsp3) is 0.533. The average molecular weight is 318 g/mol. The second kappa shape index (κ2) is 7.71. The van der Waals surface area contributed by atoms with Gasteiger partial charge in [0.2, 0.25) is 0 Å². The summed E-state index contributed by atoms with van der Waals surface area (Å²) in [5.41, 5.74) is 1.33. The molecule has 7 heteroatoms. The molecule has 1 atom stereocenters. The maximum atomic E-state index is 3.98. The lowest BCUT2D eigenvalue weighted by molar-refractivity contribution is 0.152. The zero-order valence-corrected chi connectivity index (χ0v) is 13.7. The molecule has 1 aliphatic heterocycles. The standard InChI is InChI=1S/C15H22N6S/c1-19-9-11-20(12-10-19)8-7-15(14-5-3-2-4-6-14)22-21-13-16-17-18-21/h2-6,13,15H,7-12H2,1H3. The molecule has 1 unspecified atom stereocenters. The summed E-state index contributed by atoms with van der Waals surface area (Å²) in [7, 11) is 2.19. The summed E-state index contributed by atoms with van der Waals surface area (Å²) in [4.78, 5) is 4.94. The van der Waals surface area contributed by atoms with Crippen molar-refractivity contribution in [2.75, 3.05) is 39.8 Å². The van der Waals surface area contributed by atoms with Gasteiger partial charge in [-0.1, -0.05) is 30.3 Å². The molecule has 22 heavy (non-hydrogen) atoms. The van der Waals surface area contributed by atoms with Crippen molar-refractivity contribution in [3.8, 4) is 0 Å². The van der Waals surface area contributed by atoms with Crippen LogP contribution in [0.5, 0.6) is 0 Å². The maximum Gasteiger partial charge on any atom is 0.150 e. The third kappa shape index (κ3) is 4.28. The zero-order chi connectivity index (χ0) is 15.2. The van der Waals surface area contributed by atoms with E-state index in [1.165, 1.54) is 5.56 Å². The van der Waals surface area contributed by atoms with E-state index in [2.05, 4.69) is 62.7 Å². The van der Waals surface area contributed by atoms with Crippen LogP contribution >= 0.6 is 11.9 Å². The van der Waals surface area contributed by atoms with Gasteiger partial charge in [0.25, 0.3) is 0 Å². The summed E-state index contributed by atoms with van der Waals surface area (Å²) in [5, 5.41) is 11.8. The molecule has 1 saturated heterocycles. The van der Waals surface area contributed by atoms with E-state index in [-0.39, 0.29) is 0 Å². The second-order valence-corrected chi connectivity index (χ2v) is 6.80. The molecular formula is C15H22N6S. The number of tetrazole rings is 1. The summed E-state index contributed by atoms with van der Waals surface area (Å²) in [5.74, 6) is 0. The van der Waals surface area contributed by atoms with Crippen molar-refractivity contribution in [2.45, 2.75) is 11.7 Å². The molecule has 1 fully saturated rings. The predicted octanol–water partition coefficient (Wildman–Crippen LogP) is 1.55. The van der Waals surface area contributed by atoms with E-state index in [0.29, 0.717) is 5.25 Å². The van der Waals surface area contributed by atoms with Gasteiger partial charge in [0.1, 0.15) is 0 Å². The quantitative estimate of drug-likeness (QED) is 0.805. The highest BCUT2D eigenvalue weighted by Crippen LogP contribution is 2.32. The van der Waals surface area contributed by atoms with E-state index >= 15 is 0 Å². The van der Waals surface area contributed by atoms with Gasteiger partial charge in [-0.25, -0.2) is 0 Å². The van der Waals surface area contributed by atoms with Crippen LogP contribution in [-0.4, -0.2) is 69.2 Å². The number of rotatable bonds is 6. The van der Waals surface area contributed by atoms with Crippen molar-refractivity contribution in [1.29, 1.82) is 0 Å². The van der Waals surface area contributed by atoms with Crippen LogP contribution in [0, 0.1) is 0 Å². The Morgan fingerprint density at radius 1 is 1.14 bits per heavy atom. The monoisotopic (exact) mass is 318 g/mol. The van der Waals surface area contributed by atoms with E-state index in [1.807, 2.05) is 0 Å². The van der Waals surface area contributed by atoms with Gasteiger partial charge in [0.05, 0.1) is 5.25 Å². The third-order valence-electron chi connectivity index (χ3n) is 4.04. The van der Waals surface area contributed by atoms with E-state index in [9.17, 15) is 0 Å². The smallest absolute Gasteiger partial charge is 0.150 e. The lowest BCUT2D eigenvalue weighted by Crippen LogP contribution is -2.44. The minimum atomic E-state index is 0.365. The lowest BCUT2D eigenvalue weighted by Gasteiger charge is -2.33. The van der Waals surface area contributed by atoms with Gasteiger partial charge in [0, 0.05) is 26.2 Å². The molecule has 1 aromatic heterocycles. The molecular weight excluding hydrogens is 296 g/mol. The average Bonchev–Trinajstić information content (AvgIpc) is 3.07. The highest BCUT2D eigenvalue weighted by molar-refractivity contribution is 7.97. The molecule has 2 heterocycles. The van der Waals surface area contributed by atoms with Gasteiger partial charge in [-0.3, -0.25) is 0 Å². The predicted molar refractivity (Wildman–Crippen MR) is 88.5 cm³/mol. The Labute approximate surface area is 135 Å². The largest absolute Gasteiger partial charge is 0.304 e. The van der Waals surface area contributed by atoms with Crippen LogP contribution in [0.3, 0.4) is 0 Å². The van der Waals surface area contributed by atoms with Crippen LogP contribution < -0.4 is 0 Å². The van der Waals surface area contributed by atoms with E-state index < -0.39 is 0 Å². The van der Waals surface area contributed by atoms with Crippen molar-refractivity contribution < 1.29 is 0 Å². The Kier molecular flexibility index (Phi) is 5.42. The Hall–Kier alpha value is -1.44. The van der Waals surface area contributed by atoms with Gasteiger partial charge in [0.15, 0.2) is 6.33 Å². The van der Waals surface area contributed by atoms with Crippen molar-refractivity contribution in [2.24, 2.45) is 0 Å². The molecule has 0 saturated carbocycles. The molecule has 0 bridgehead atoms. The first-order chi connectivity index (χ1) is 10.8. The number of hydrogen-bond acceptors (Lipinski definition) is 6. The Morgan fingerprint density at radius 2 is 1.91 bits per heavy atom. The van der Waals surface area contributed by atoms with Crippen molar-refractivity contribution in [3.05, 3.63) is 42.2 Å². The lowest BCUT2D eigenvalue weighted by atomic mass is 10.1. The van der Waals surface area contributed by atoms with E-state index in [1.54, 1.807) is 22.4 Å². The zero-order valence-electron chi connectivity index (χ0n) is 12.9. The van der Waals surface area contributed by atoms with Gasteiger partial charge < -0.3 is 9.80 Å². The minimum Gasteiger partial charge on any atom is -0.304 e. The maximum absolute atomic E-state index is 3.98. The van der Waals surface area contributed by atoms with E-state index in [4.69, 9.17) is 0 Å². The molecule has 6 nitrogen and oxygen atoms in total. The molecule has 2 aromatic rings. The molecule has 0 aliphatic carbocycles. The van der Waals surface area contributed by atoms with Gasteiger partial charge in [-0.15, -0.1) is 5.10 Å². The van der Waals surface area contributed by atoms with Crippen molar-refractivity contribution in [1.82, 2.24) is 29.4 Å². The minimum absolute atomic E-state index is 0.365. The Balaban J connectivity index is 1.61. The molecule has 0 spiro atoms. The molecule has 118 valence electrons.